The monoisotopic (exact) mass is 268 g/mol. The molecule has 0 spiro atoms. The predicted molar refractivity (Wildman–Crippen MR) is 71.3 cm³/mol. The first-order valence-corrected chi connectivity index (χ1v) is 7.02. The first kappa shape index (κ1) is 14.0. The smallest absolute Gasteiger partial charge is 0.283 e. The molecule has 6 nitrogen and oxygen atoms in total. The number of amides is 1. The van der Waals surface area contributed by atoms with Crippen LogP contribution in [0.25, 0.3) is 0 Å². The van der Waals surface area contributed by atoms with Crippen molar-refractivity contribution in [1.82, 2.24) is 5.16 Å². The number of aryl methyl sites for hydroxylation is 1. The van der Waals surface area contributed by atoms with Gasteiger partial charge < -0.3 is 19.6 Å². The molecule has 0 saturated carbocycles. The number of rotatable bonds is 4. The molecule has 1 aliphatic heterocycles. The molecule has 1 aromatic heterocycles. The lowest BCUT2D eigenvalue weighted by Crippen LogP contribution is -3.29. The molecular formula is C13H24N4O2+2. The van der Waals surface area contributed by atoms with Crippen LogP contribution >= 0.6 is 0 Å². The molecule has 0 aliphatic carbocycles. The lowest BCUT2D eigenvalue weighted by Gasteiger charge is -2.31. The van der Waals surface area contributed by atoms with Crippen molar-refractivity contribution in [3.63, 3.8) is 0 Å². The Kier molecular flexibility index (Phi) is 4.55. The summed E-state index contributed by atoms with van der Waals surface area (Å²) in [4.78, 5) is 15.1. The minimum Gasteiger partial charge on any atom is -0.360 e. The average Bonchev–Trinajstić information content (AvgIpc) is 2.83. The number of nitrogens with zero attached hydrogens (tertiary/aromatic N) is 1. The Morgan fingerprint density at radius 1 is 1.47 bits per heavy atom. The van der Waals surface area contributed by atoms with Crippen LogP contribution in [0.1, 0.15) is 19.6 Å². The van der Waals surface area contributed by atoms with E-state index in [4.69, 9.17) is 4.52 Å². The van der Waals surface area contributed by atoms with Crippen LogP contribution in [0.15, 0.2) is 10.6 Å². The van der Waals surface area contributed by atoms with Gasteiger partial charge in [0.2, 0.25) is 0 Å². The Morgan fingerprint density at radius 2 is 2.16 bits per heavy atom. The van der Waals surface area contributed by atoms with E-state index in [9.17, 15) is 4.79 Å². The number of anilines is 1. The fraction of sp³-hybridized carbons (Fsp3) is 0.692. The van der Waals surface area contributed by atoms with Crippen molar-refractivity contribution in [1.29, 1.82) is 0 Å². The number of hydrogen-bond acceptors (Lipinski definition) is 3. The molecule has 1 saturated heterocycles. The lowest BCUT2D eigenvalue weighted by molar-refractivity contribution is -1.02. The Hall–Kier alpha value is -1.40. The zero-order valence-electron chi connectivity index (χ0n) is 12.0. The van der Waals surface area contributed by atoms with Crippen molar-refractivity contribution >= 4 is 11.7 Å². The first-order chi connectivity index (χ1) is 9.10. The van der Waals surface area contributed by atoms with Gasteiger partial charge in [0.1, 0.15) is 31.9 Å². The van der Waals surface area contributed by atoms with Crippen LogP contribution in [0.4, 0.5) is 5.82 Å². The number of carbonyl (C=O) groups is 1. The molecule has 6 heteroatoms. The molecular weight excluding hydrogens is 244 g/mol. The summed E-state index contributed by atoms with van der Waals surface area (Å²) in [7, 11) is 0. The molecule has 106 valence electrons. The standard InChI is InChI=1S/C13H22N4O2/c1-4-16-5-7-17(8-6-16)11(3)13(18)14-12-9-10(2)19-15-12/h9,11H,4-8H2,1-3H3,(H,14,15,18)/p+2/t11-/m0/s1. The van der Waals surface area contributed by atoms with Crippen LogP contribution in [-0.2, 0) is 4.79 Å². The van der Waals surface area contributed by atoms with E-state index in [1.807, 2.05) is 13.8 Å². The van der Waals surface area contributed by atoms with E-state index in [-0.39, 0.29) is 11.9 Å². The number of piperazine rings is 1. The van der Waals surface area contributed by atoms with Crippen molar-refractivity contribution in [2.45, 2.75) is 26.8 Å². The van der Waals surface area contributed by atoms with Crippen LogP contribution in [0, 0.1) is 6.92 Å². The Balaban J connectivity index is 1.85. The predicted octanol–water partition coefficient (Wildman–Crippen LogP) is -1.89. The fourth-order valence-corrected chi connectivity index (χ4v) is 2.56. The Bertz CT molecular complexity index is 424. The summed E-state index contributed by atoms with van der Waals surface area (Å²) in [5.74, 6) is 1.23. The maximum atomic E-state index is 12.2. The van der Waals surface area contributed by atoms with Crippen molar-refractivity contribution < 1.29 is 19.1 Å². The second kappa shape index (κ2) is 6.16. The zero-order valence-corrected chi connectivity index (χ0v) is 12.0. The number of aromatic nitrogens is 1. The van der Waals surface area contributed by atoms with Crippen LogP contribution in [0.2, 0.25) is 0 Å². The van der Waals surface area contributed by atoms with E-state index in [0.29, 0.717) is 11.6 Å². The largest absolute Gasteiger partial charge is 0.360 e. The van der Waals surface area contributed by atoms with Gasteiger partial charge in [0, 0.05) is 6.07 Å². The highest BCUT2D eigenvalue weighted by atomic mass is 16.5. The molecule has 1 fully saturated rings. The molecule has 1 amide bonds. The maximum Gasteiger partial charge on any atom is 0.283 e. The quantitative estimate of drug-likeness (QED) is 0.598. The van der Waals surface area contributed by atoms with Crippen LogP contribution < -0.4 is 15.1 Å². The molecule has 3 N–H and O–H groups in total. The van der Waals surface area contributed by atoms with Gasteiger partial charge in [0.15, 0.2) is 11.9 Å². The lowest BCUT2D eigenvalue weighted by atomic mass is 10.2. The van der Waals surface area contributed by atoms with Gasteiger partial charge in [-0.3, -0.25) is 4.79 Å². The van der Waals surface area contributed by atoms with E-state index in [0.717, 1.165) is 26.2 Å². The van der Waals surface area contributed by atoms with E-state index in [2.05, 4.69) is 17.4 Å². The highest BCUT2D eigenvalue weighted by molar-refractivity contribution is 5.92. The molecule has 0 unspecified atom stereocenters. The highest BCUT2D eigenvalue weighted by Gasteiger charge is 2.30. The molecule has 0 aromatic carbocycles. The fourth-order valence-electron chi connectivity index (χ4n) is 2.56. The summed E-state index contributed by atoms with van der Waals surface area (Å²) < 4.78 is 4.94. The summed E-state index contributed by atoms with van der Waals surface area (Å²) >= 11 is 0. The third-order valence-electron chi connectivity index (χ3n) is 3.98. The first-order valence-electron chi connectivity index (χ1n) is 7.02. The maximum absolute atomic E-state index is 12.2. The third kappa shape index (κ3) is 3.54. The van der Waals surface area contributed by atoms with Crippen molar-refractivity contribution in [2.24, 2.45) is 0 Å². The van der Waals surface area contributed by atoms with Crippen LogP contribution in [0.3, 0.4) is 0 Å². The summed E-state index contributed by atoms with van der Waals surface area (Å²) in [5.41, 5.74) is 0. The topological polar surface area (TPSA) is 64.0 Å². The molecule has 2 rings (SSSR count). The van der Waals surface area contributed by atoms with Gasteiger partial charge in [0.05, 0.1) is 6.54 Å². The van der Waals surface area contributed by atoms with Crippen LogP contribution in [0.5, 0.6) is 0 Å². The minimum atomic E-state index is -0.0459. The molecule has 0 bridgehead atoms. The van der Waals surface area contributed by atoms with E-state index >= 15 is 0 Å². The minimum absolute atomic E-state index is 0.0169. The Morgan fingerprint density at radius 3 is 2.68 bits per heavy atom. The zero-order chi connectivity index (χ0) is 13.8. The number of hydrogen-bond donors (Lipinski definition) is 3. The molecule has 1 aliphatic rings. The van der Waals surface area contributed by atoms with Gasteiger partial charge >= 0.3 is 0 Å². The normalized spacial score (nSPS) is 25.0. The third-order valence-corrected chi connectivity index (χ3v) is 3.98. The van der Waals surface area contributed by atoms with Gasteiger partial charge in [-0.15, -0.1) is 0 Å². The number of carbonyl (C=O) groups excluding carboxylic acids is 1. The van der Waals surface area contributed by atoms with Crippen molar-refractivity contribution in [3.8, 4) is 0 Å². The van der Waals surface area contributed by atoms with Crippen molar-refractivity contribution in [2.75, 3.05) is 38.0 Å². The average molecular weight is 268 g/mol. The molecule has 0 radical (unpaired) electrons. The van der Waals surface area contributed by atoms with Gasteiger partial charge in [-0.2, -0.15) is 0 Å². The summed E-state index contributed by atoms with van der Waals surface area (Å²) in [6, 6.07) is 1.69. The van der Waals surface area contributed by atoms with Gasteiger partial charge in [-0.25, -0.2) is 0 Å². The van der Waals surface area contributed by atoms with Crippen molar-refractivity contribution in [3.05, 3.63) is 11.8 Å². The Labute approximate surface area is 113 Å². The molecule has 1 aromatic rings. The molecule has 1 atom stereocenters. The van der Waals surface area contributed by atoms with Crippen LogP contribution in [-0.4, -0.2) is 49.8 Å². The second-order valence-electron chi connectivity index (χ2n) is 5.30. The molecule has 2 heterocycles. The summed E-state index contributed by atoms with van der Waals surface area (Å²) in [6.07, 6.45) is 0. The van der Waals surface area contributed by atoms with Gasteiger partial charge in [-0.05, 0) is 20.8 Å². The number of likely N-dealkylation sites (N-methyl/N-ethyl adjacent to an activating group) is 1. The second-order valence-corrected chi connectivity index (χ2v) is 5.30. The number of quaternary nitrogens is 2. The van der Waals surface area contributed by atoms with Gasteiger partial charge in [-0.1, -0.05) is 5.16 Å². The molecule has 19 heavy (non-hydrogen) atoms. The summed E-state index contributed by atoms with van der Waals surface area (Å²) in [6.45, 7) is 11.6. The summed E-state index contributed by atoms with van der Waals surface area (Å²) in [5, 5.41) is 6.60. The van der Waals surface area contributed by atoms with E-state index in [1.165, 1.54) is 11.4 Å². The van der Waals surface area contributed by atoms with Gasteiger partial charge in [0.25, 0.3) is 5.91 Å². The SMILES string of the molecule is CC[NH+]1CC[NH+]([C@@H](C)C(=O)Nc2cc(C)on2)CC1. The number of nitrogens with one attached hydrogen (secondary N) is 3. The van der Waals surface area contributed by atoms with E-state index < -0.39 is 0 Å². The van der Waals surface area contributed by atoms with E-state index in [1.54, 1.807) is 11.0 Å². The highest BCUT2D eigenvalue weighted by Crippen LogP contribution is 2.06.